The molecule has 1 saturated heterocycles. The minimum atomic E-state index is -0.534. The molecule has 2 aliphatic rings. The molecule has 0 radical (unpaired) electrons. The fourth-order valence-electron chi connectivity index (χ4n) is 5.88. The van der Waals surface area contributed by atoms with Crippen LogP contribution in [0, 0.1) is 12.8 Å². The number of anilines is 1. The largest absolute Gasteiger partial charge is 0.487 e. The monoisotopic (exact) mass is 591 g/mol. The summed E-state index contributed by atoms with van der Waals surface area (Å²) < 4.78 is 18.1. The molecule has 2 atom stereocenters. The van der Waals surface area contributed by atoms with E-state index in [1.54, 1.807) is 0 Å². The van der Waals surface area contributed by atoms with Gasteiger partial charge in [-0.3, -0.25) is 4.79 Å². The number of carbonyl (C=O) groups excluding carboxylic acids is 1. The van der Waals surface area contributed by atoms with Gasteiger partial charge in [-0.1, -0.05) is 35.9 Å². The standard InChI is InChI=1S/C34H42ClN3O4/c1-6-40-30-20-38(16-14-26(30)33(39)42-34(3,4)5)31-12-8-11-29(37-31)25-9-7-10-28(35)32(25)41-21-23-17-22(2)27-19-36-15-13-24(27)18-23/h7-12,17-18,26,30,36H,6,13-16,19-21H2,1-5H3/t26-,30+/m0/s1. The number of pyridine rings is 1. The first kappa shape index (κ1) is 30.3. The number of aryl methyl sites for hydroxylation is 1. The van der Waals surface area contributed by atoms with Crippen molar-refractivity contribution in [1.82, 2.24) is 10.3 Å². The van der Waals surface area contributed by atoms with Gasteiger partial charge in [0.15, 0.2) is 0 Å². The van der Waals surface area contributed by atoms with Crippen LogP contribution < -0.4 is 15.0 Å². The molecule has 7 nitrogen and oxygen atoms in total. The number of rotatable bonds is 8. The first-order valence-electron chi connectivity index (χ1n) is 14.9. The second-order valence-electron chi connectivity index (χ2n) is 12.1. The van der Waals surface area contributed by atoms with Crippen LogP contribution in [-0.2, 0) is 33.8 Å². The van der Waals surface area contributed by atoms with Gasteiger partial charge in [-0.05, 0) is 101 Å². The number of para-hydroxylation sites is 1. The lowest BCUT2D eigenvalue weighted by molar-refractivity contribution is -0.166. The van der Waals surface area contributed by atoms with Gasteiger partial charge in [0.05, 0.1) is 22.7 Å². The lowest BCUT2D eigenvalue weighted by Crippen LogP contribution is -2.49. The molecule has 2 aromatic carbocycles. The zero-order valence-electron chi connectivity index (χ0n) is 25.3. The Morgan fingerprint density at radius 1 is 1.17 bits per heavy atom. The zero-order chi connectivity index (χ0) is 29.9. The summed E-state index contributed by atoms with van der Waals surface area (Å²) in [6.07, 6.45) is 1.38. The molecule has 0 bridgehead atoms. The van der Waals surface area contributed by atoms with Crippen LogP contribution in [0.2, 0.25) is 5.02 Å². The summed E-state index contributed by atoms with van der Waals surface area (Å²) in [5.74, 6) is 0.940. The Kier molecular flexibility index (Phi) is 9.41. The number of halogens is 1. The molecule has 0 amide bonds. The maximum atomic E-state index is 12.9. The summed E-state index contributed by atoms with van der Waals surface area (Å²) in [5, 5.41) is 4.01. The van der Waals surface area contributed by atoms with E-state index < -0.39 is 5.60 Å². The van der Waals surface area contributed by atoms with E-state index in [1.807, 2.05) is 64.1 Å². The SMILES string of the molecule is CCO[C@@H]1CN(c2cccc(-c3cccc(Cl)c3OCc3cc(C)c4c(c3)CCNC4)n2)CC[C@@H]1C(=O)OC(C)(C)C. The van der Waals surface area contributed by atoms with Crippen LogP contribution in [0.3, 0.4) is 0 Å². The van der Waals surface area contributed by atoms with Gasteiger partial charge in [-0.2, -0.15) is 0 Å². The highest BCUT2D eigenvalue weighted by molar-refractivity contribution is 6.32. The molecular weight excluding hydrogens is 550 g/mol. The third-order valence-corrected chi connectivity index (χ3v) is 8.13. The molecule has 2 aliphatic heterocycles. The molecule has 0 aliphatic carbocycles. The van der Waals surface area contributed by atoms with Gasteiger partial charge in [0, 0.05) is 31.8 Å². The molecule has 3 heterocycles. The van der Waals surface area contributed by atoms with Crippen LogP contribution in [0.15, 0.2) is 48.5 Å². The summed E-state index contributed by atoms with van der Waals surface area (Å²) in [4.78, 5) is 20.1. The number of benzene rings is 2. The molecule has 0 saturated carbocycles. The number of ether oxygens (including phenoxy) is 3. The van der Waals surface area contributed by atoms with Gasteiger partial charge in [0.1, 0.15) is 23.8 Å². The minimum absolute atomic E-state index is 0.200. The quantitative estimate of drug-likeness (QED) is 0.299. The van der Waals surface area contributed by atoms with Crippen molar-refractivity contribution in [3.63, 3.8) is 0 Å². The van der Waals surface area contributed by atoms with E-state index in [0.29, 0.717) is 43.5 Å². The van der Waals surface area contributed by atoms with E-state index in [1.165, 1.54) is 16.7 Å². The molecule has 8 heteroatoms. The predicted molar refractivity (Wildman–Crippen MR) is 167 cm³/mol. The van der Waals surface area contributed by atoms with Crippen molar-refractivity contribution in [3.8, 4) is 17.0 Å². The summed E-state index contributed by atoms with van der Waals surface area (Å²) in [7, 11) is 0. The summed E-state index contributed by atoms with van der Waals surface area (Å²) in [6.45, 7) is 13.9. The van der Waals surface area contributed by atoms with Crippen molar-refractivity contribution in [1.29, 1.82) is 0 Å². The summed E-state index contributed by atoms with van der Waals surface area (Å²) >= 11 is 6.69. The lowest BCUT2D eigenvalue weighted by atomic mass is 9.93. The Hall–Kier alpha value is -3.13. The summed E-state index contributed by atoms with van der Waals surface area (Å²) in [6, 6.07) is 16.2. The van der Waals surface area contributed by atoms with E-state index in [2.05, 4.69) is 29.3 Å². The van der Waals surface area contributed by atoms with E-state index in [4.69, 9.17) is 30.8 Å². The molecule has 1 fully saturated rings. The van der Waals surface area contributed by atoms with Gasteiger partial charge in [0.2, 0.25) is 0 Å². The Bertz CT molecular complexity index is 1420. The van der Waals surface area contributed by atoms with E-state index in [-0.39, 0.29) is 18.0 Å². The van der Waals surface area contributed by atoms with E-state index >= 15 is 0 Å². The van der Waals surface area contributed by atoms with Crippen molar-refractivity contribution < 1.29 is 19.0 Å². The number of nitrogens with one attached hydrogen (secondary N) is 1. The van der Waals surface area contributed by atoms with E-state index in [0.717, 1.165) is 42.1 Å². The highest BCUT2D eigenvalue weighted by Crippen LogP contribution is 2.37. The first-order chi connectivity index (χ1) is 20.1. The van der Waals surface area contributed by atoms with Gasteiger partial charge in [-0.15, -0.1) is 0 Å². The zero-order valence-corrected chi connectivity index (χ0v) is 26.1. The lowest BCUT2D eigenvalue weighted by Gasteiger charge is -2.38. The smallest absolute Gasteiger partial charge is 0.312 e. The second-order valence-corrected chi connectivity index (χ2v) is 12.5. The number of piperidine rings is 1. The molecule has 42 heavy (non-hydrogen) atoms. The third kappa shape index (κ3) is 7.08. The fraction of sp³-hybridized carbons (Fsp3) is 0.471. The highest BCUT2D eigenvalue weighted by Gasteiger charge is 2.38. The topological polar surface area (TPSA) is 72.9 Å². The van der Waals surface area contributed by atoms with Gasteiger partial charge in [-0.25, -0.2) is 4.98 Å². The number of hydrogen-bond acceptors (Lipinski definition) is 7. The first-order valence-corrected chi connectivity index (χ1v) is 15.3. The Morgan fingerprint density at radius 2 is 1.98 bits per heavy atom. The van der Waals surface area contributed by atoms with Gasteiger partial charge in [0.25, 0.3) is 0 Å². The van der Waals surface area contributed by atoms with Crippen molar-refractivity contribution in [2.45, 2.75) is 72.3 Å². The number of aromatic nitrogens is 1. The van der Waals surface area contributed by atoms with Crippen molar-refractivity contribution >= 4 is 23.4 Å². The van der Waals surface area contributed by atoms with Crippen LogP contribution >= 0.6 is 11.6 Å². The van der Waals surface area contributed by atoms with Crippen LogP contribution in [0.1, 0.15) is 56.4 Å². The van der Waals surface area contributed by atoms with Crippen LogP contribution in [0.5, 0.6) is 5.75 Å². The van der Waals surface area contributed by atoms with Crippen LogP contribution in [-0.4, -0.2) is 48.9 Å². The maximum Gasteiger partial charge on any atom is 0.312 e. The number of carbonyl (C=O) groups is 1. The Balaban J connectivity index is 1.35. The Morgan fingerprint density at radius 3 is 2.76 bits per heavy atom. The number of nitrogens with zero attached hydrogens (tertiary/aromatic N) is 2. The second kappa shape index (κ2) is 13.0. The Labute approximate surface area is 254 Å². The van der Waals surface area contributed by atoms with Crippen LogP contribution in [0.4, 0.5) is 5.82 Å². The number of esters is 1. The molecule has 5 rings (SSSR count). The predicted octanol–water partition coefficient (Wildman–Crippen LogP) is 6.51. The number of fused-ring (bicyclic) bond motifs is 1. The van der Waals surface area contributed by atoms with Gasteiger partial charge < -0.3 is 24.4 Å². The van der Waals surface area contributed by atoms with Gasteiger partial charge >= 0.3 is 5.97 Å². The summed E-state index contributed by atoms with van der Waals surface area (Å²) in [5.41, 5.74) is 6.29. The van der Waals surface area contributed by atoms with Crippen LogP contribution in [0.25, 0.3) is 11.3 Å². The average molecular weight is 592 g/mol. The normalized spacial score (nSPS) is 18.9. The molecule has 1 N–H and O–H groups in total. The van der Waals surface area contributed by atoms with E-state index in [9.17, 15) is 4.79 Å². The molecule has 0 spiro atoms. The van der Waals surface area contributed by atoms with Crippen molar-refractivity contribution in [2.24, 2.45) is 5.92 Å². The third-order valence-electron chi connectivity index (χ3n) is 7.83. The molecule has 0 unspecified atom stereocenters. The molecule has 224 valence electrons. The van der Waals surface area contributed by atoms with Crippen molar-refractivity contribution in [3.05, 3.63) is 75.8 Å². The fourth-order valence-corrected chi connectivity index (χ4v) is 6.11. The molecule has 1 aromatic heterocycles. The average Bonchev–Trinajstić information content (AvgIpc) is 2.96. The molecule has 3 aromatic rings. The number of hydrogen-bond donors (Lipinski definition) is 1. The van der Waals surface area contributed by atoms with Crippen molar-refractivity contribution in [2.75, 3.05) is 31.1 Å². The highest BCUT2D eigenvalue weighted by atomic mass is 35.5. The molecular formula is C34H42ClN3O4. The minimum Gasteiger partial charge on any atom is -0.487 e. The maximum absolute atomic E-state index is 12.9.